The third kappa shape index (κ3) is 4.25. The van der Waals surface area contributed by atoms with E-state index in [2.05, 4.69) is 10.1 Å². The molecule has 2 heterocycles. The lowest BCUT2D eigenvalue weighted by molar-refractivity contribution is 0.0674. The number of likely N-dealkylation sites (tertiary alicyclic amines) is 1. The summed E-state index contributed by atoms with van der Waals surface area (Å²) in [7, 11) is -2.30. The standard InChI is InChI=1S/C23H26N4O4S/c1-16-7-11-19(12-8-16)26(3)32(29,30)20-15-18(10-9-17(20)2)21-24-22(31-25-21)23(28)27-13-5-4-6-14-27/h7-12,15H,4-6,13-14H2,1-3H3. The van der Waals surface area contributed by atoms with Gasteiger partial charge >= 0.3 is 11.8 Å². The van der Waals surface area contributed by atoms with Gasteiger partial charge in [-0.2, -0.15) is 4.98 Å². The number of aromatic nitrogens is 2. The molecule has 0 bridgehead atoms. The van der Waals surface area contributed by atoms with Crippen LogP contribution in [0.5, 0.6) is 0 Å². The number of anilines is 1. The second-order valence-corrected chi connectivity index (χ2v) is 10.0. The molecule has 0 aliphatic carbocycles. The van der Waals surface area contributed by atoms with Crippen molar-refractivity contribution in [2.24, 2.45) is 0 Å². The molecule has 2 aromatic carbocycles. The van der Waals surface area contributed by atoms with E-state index in [4.69, 9.17) is 4.52 Å². The zero-order chi connectivity index (χ0) is 22.9. The first-order valence-electron chi connectivity index (χ1n) is 10.6. The Morgan fingerprint density at radius 3 is 2.41 bits per heavy atom. The summed E-state index contributed by atoms with van der Waals surface area (Å²) in [6.07, 6.45) is 3.03. The lowest BCUT2D eigenvalue weighted by Crippen LogP contribution is -2.35. The van der Waals surface area contributed by atoms with Crippen LogP contribution >= 0.6 is 0 Å². The maximum Gasteiger partial charge on any atom is 0.316 e. The topological polar surface area (TPSA) is 96.6 Å². The van der Waals surface area contributed by atoms with Crippen molar-refractivity contribution in [2.75, 3.05) is 24.4 Å². The molecule has 1 saturated heterocycles. The van der Waals surface area contributed by atoms with E-state index in [1.807, 2.05) is 19.1 Å². The Hall–Kier alpha value is -3.20. The number of piperidine rings is 1. The first kappa shape index (κ1) is 22.0. The average molecular weight is 455 g/mol. The van der Waals surface area contributed by atoms with Crippen LogP contribution in [-0.4, -0.2) is 49.5 Å². The lowest BCUT2D eigenvalue weighted by Gasteiger charge is -2.24. The highest BCUT2D eigenvalue weighted by molar-refractivity contribution is 7.92. The zero-order valence-electron chi connectivity index (χ0n) is 18.4. The van der Waals surface area contributed by atoms with Crippen LogP contribution < -0.4 is 4.31 Å². The SMILES string of the molecule is Cc1ccc(N(C)S(=O)(=O)c2cc(-c3noc(C(=O)N4CCCCC4)n3)ccc2C)cc1. The Kier molecular flexibility index (Phi) is 6.01. The molecule has 0 spiro atoms. The van der Waals surface area contributed by atoms with E-state index in [-0.39, 0.29) is 22.5 Å². The summed E-state index contributed by atoms with van der Waals surface area (Å²) in [5.41, 5.74) is 2.67. The molecule has 1 aliphatic rings. The maximum absolute atomic E-state index is 13.3. The molecule has 1 amide bonds. The summed E-state index contributed by atoms with van der Waals surface area (Å²) in [5.74, 6) is -0.189. The Morgan fingerprint density at radius 2 is 1.72 bits per heavy atom. The summed E-state index contributed by atoms with van der Waals surface area (Å²) in [5, 5.41) is 3.93. The molecule has 0 N–H and O–H groups in total. The number of carbonyl (C=O) groups is 1. The van der Waals surface area contributed by atoms with Crippen LogP contribution in [0.1, 0.15) is 41.1 Å². The molecule has 168 valence electrons. The average Bonchev–Trinajstić information content (AvgIpc) is 3.29. The summed E-state index contributed by atoms with van der Waals surface area (Å²) in [6, 6.07) is 12.2. The van der Waals surface area contributed by atoms with Crippen LogP contribution in [-0.2, 0) is 10.0 Å². The molecule has 32 heavy (non-hydrogen) atoms. The van der Waals surface area contributed by atoms with Crippen molar-refractivity contribution in [1.82, 2.24) is 15.0 Å². The number of sulfonamides is 1. The minimum Gasteiger partial charge on any atom is -0.334 e. The first-order chi connectivity index (χ1) is 15.3. The third-order valence-electron chi connectivity index (χ3n) is 5.73. The number of carbonyl (C=O) groups excluding carboxylic acids is 1. The highest BCUT2D eigenvalue weighted by atomic mass is 32.2. The van der Waals surface area contributed by atoms with Gasteiger partial charge in [-0.3, -0.25) is 9.10 Å². The number of hydrogen-bond donors (Lipinski definition) is 0. The fraction of sp³-hybridized carbons (Fsp3) is 0.348. The van der Waals surface area contributed by atoms with E-state index < -0.39 is 10.0 Å². The van der Waals surface area contributed by atoms with Gasteiger partial charge in [0.25, 0.3) is 10.0 Å². The quantitative estimate of drug-likeness (QED) is 0.582. The third-order valence-corrected chi connectivity index (χ3v) is 7.66. The summed E-state index contributed by atoms with van der Waals surface area (Å²) in [4.78, 5) is 18.7. The summed E-state index contributed by atoms with van der Waals surface area (Å²) in [6.45, 7) is 5.03. The van der Waals surface area contributed by atoms with Crippen LogP contribution in [0.4, 0.5) is 5.69 Å². The van der Waals surface area contributed by atoms with Crippen LogP contribution in [0.3, 0.4) is 0 Å². The second-order valence-electron chi connectivity index (χ2n) is 8.06. The van der Waals surface area contributed by atoms with Gasteiger partial charge in [-0.05, 0) is 56.9 Å². The number of hydrogen-bond acceptors (Lipinski definition) is 6. The molecule has 0 saturated carbocycles. The Bertz CT molecular complexity index is 1230. The van der Waals surface area contributed by atoms with E-state index in [0.717, 1.165) is 24.8 Å². The number of aryl methyl sites for hydroxylation is 2. The van der Waals surface area contributed by atoms with Crippen LogP contribution in [0.2, 0.25) is 0 Å². The maximum atomic E-state index is 13.3. The van der Waals surface area contributed by atoms with Gasteiger partial charge in [0, 0.05) is 25.7 Å². The molecule has 1 fully saturated rings. The van der Waals surface area contributed by atoms with E-state index in [1.165, 1.54) is 17.4 Å². The molecule has 0 unspecified atom stereocenters. The molecule has 8 nitrogen and oxygen atoms in total. The monoisotopic (exact) mass is 454 g/mol. The first-order valence-corrected chi connectivity index (χ1v) is 12.0. The van der Waals surface area contributed by atoms with Gasteiger partial charge in [0.05, 0.1) is 10.6 Å². The molecule has 0 radical (unpaired) electrons. The van der Waals surface area contributed by atoms with Crippen molar-refractivity contribution in [2.45, 2.75) is 38.0 Å². The lowest BCUT2D eigenvalue weighted by atomic mass is 10.1. The second kappa shape index (κ2) is 8.74. The molecular formula is C23H26N4O4S. The minimum absolute atomic E-state index is 0.0799. The van der Waals surface area contributed by atoms with E-state index in [1.54, 1.807) is 36.1 Å². The van der Waals surface area contributed by atoms with E-state index >= 15 is 0 Å². The van der Waals surface area contributed by atoms with Gasteiger partial charge < -0.3 is 9.42 Å². The van der Waals surface area contributed by atoms with Crippen molar-refractivity contribution in [3.05, 3.63) is 59.5 Å². The van der Waals surface area contributed by atoms with E-state index in [9.17, 15) is 13.2 Å². The molecule has 0 atom stereocenters. The van der Waals surface area contributed by atoms with Crippen molar-refractivity contribution < 1.29 is 17.7 Å². The minimum atomic E-state index is -3.82. The molecular weight excluding hydrogens is 428 g/mol. The van der Waals surface area contributed by atoms with Gasteiger partial charge in [0.15, 0.2) is 0 Å². The highest BCUT2D eigenvalue weighted by Gasteiger charge is 2.26. The summed E-state index contributed by atoms with van der Waals surface area (Å²) < 4.78 is 33.1. The van der Waals surface area contributed by atoms with Gasteiger partial charge in [-0.15, -0.1) is 0 Å². The Labute approximate surface area is 187 Å². The van der Waals surface area contributed by atoms with Crippen molar-refractivity contribution in [3.63, 3.8) is 0 Å². The van der Waals surface area contributed by atoms with Gasteiger partial charge in [-0.1, -0.05) is 35.0 Å². The highest BCUT2D eigenvalue weighted by Crippen LogP contribution is 2.28. The van der Waals surface area contributed by atoms with E-state index in [0.29, 0.717) is 29.9 Å². The van der Waals surface area contributed by atoms with Crippen LogP contribution in [0.25, 0.3) is 11.4 Å². The molecule has 4 rings (SSSR count). The normalized spacial score (nSPS) is 14.4. The largest absolute Gasteiger partial charge is 0.334 e. The number of nitrogens with zero attached hydrogens (tertiary/aromatic N) is 4. The van der Waals surface area contributed by atoms with Crippen LogP contribution in [0.15, 0.2) is 51.9 Å². The van der Waals surface area contributed by atoms with Crippen molar-refractivity contribution >= 4 is 21.6 Å². The Morgan fingerprint density at radius 1 is 1.03 bits per heavy atom. The molecule has 1 aromatic heterocycles. The predicted molar refractivity (Wildman–Crippen MR) is 121 cm³/mol. The van der Waals surface area contributed by atoms with Crippen molar-refractivity contribution in [3.8, 4) is 11.4 Å². The number of rotatable bonds is 5. The van der Waals surface area contributed by atoms with Gasteiger partial charge in [0.2, 0.25) is 5.82 Å². The van der Waals surface area contributed by atoms with Crippen LogP contribution in [0, 0.1) is 13.8 Å². The molecule has 3 aromatic rings. The zero-order valence-corrected chi connectivity index (χ0v) is 19.2. The molecule has 1 aliphatic heterocycles. The number of amides is 1. The van der Waals surface area contributed by atoms with Gasteiger partial charge in [0.1, 0.15) is 0 Å². The fourth-order valence-corrected chi connectivity index (χ4v) is 5.16. The smallest absolute Gasteiger partial charge is 0.316 e. The van der Waals surface area contributed by atoms with Crippen molar-refractivity contribution in [1.29, 1.82) is 0 Å². The molecule has 9 heteroatoms. The number of benzene rings is 2. The fourth-order valence-electron chi connectivity index (χ4n) is 3.72. The summed E-state index contributed by atoms with van der Waals surface area (Å²) >= 11 is 0. The Balaban J connectivity index is 1.64. The predicted octanol–water partition coefficient (Wildman–Crippen LogP) is 3.80. The van der Waals surface area contributed by atoms with Gasteiger partial charge in [-0.25, -0.2) is 8.42 Å².